The number of hydrogen-bond donors (Lipinski definition) is 1. The van der Waals surface area contributed by atoms with E-state index < -0.39 is 23.5 Å². The number of carbonyl (C=O) groups excluding carboxylic acids is 2. The first kappa shape index (κ1) is 19.3. The van der Waals surface area contributed by atoms with Crippen LogP contribution >= 0.6 is 0 Å². The van der Waals surface area contributed by atoms with Gasteiger partial charge in [0.15, 0.2) is 0 Å². The lowest BCUT2D eigenvalue weighted by atomic mass is 10.2. The predicted molar refractivity (Wildman–Crippen MR) is 97.4 cm³/mol. The minimum absolute atomic E-state index is 0.0387. The molecule has 1 heterocycles. The standard InChI is InChI=1S/C20H17F2N3O3/c1-12-18(25-17-5-3-2-4-16(17)24-12)11-28-19(26)8-9-23-20(27)14-7-6-13(21)10-15(14)22/h2-7,10H,8-9,11H2,1H3,(H,23,27). The van der Waals surface area contributed by atoms with Crippen molar-refractivity contribution >= 4 is 22.9 Å². The van der Waals surface area contributed by atoms with Gasteiger partial charge >= 0.3 is 5.97 Å². The summed E-state index contributed by atoms with van der Waals surface area (Å²) in [6, 6.07) is 10.0. The van der Waals surface area contributed by atoms with Gasteiger partial charge in [-0.3, -0.25) is 9.59 Å². The molecule has 0 unspecified atom stereocenters. The van der Waals surface area contributed by atoms with Crippen molar-refractivity contribution in [3.05, 3.63) is 71.1 Å². The summed E-state index contributed by atoms with van der Waals surface area (Å²) in [6.45, 7) is 1.69. The number of aromatic nitrogens is 2. The van der Waals surface area contributed by atoms with Gasteiger partial charge in [-0.1, -0.05) is 12.1 Å². The van der Waals surface area contributed by atoms with Gasteiger partial charge < -0.3 is 10.1 Å². The van der Waals surface area contributed by atoms with E-state index in [0.717, 1.165) is 17.6 Å². The Morgan fingerprint density at radius 3 is 2.50 bits per heavy atom. The maximum atomic E-state index is 13.5. The highest BCUT2D eigenvalue weighted by Crippen LogP contribution is 2.13. The summed E-state index contributed by atoms with van der Waals surface area (Å²) < 4.78 is 31.6. The molecule has 6 nitrogen and oxygen atoms in total. The molecule has 3 aromatic rings. The zero-order valence-electron chi connectivity index (χ0n) is 15.0. The SMILES string of the molecule is Cc1nc2ccccc2nc1COC(=O)CCNC(=O)c1ccc(F)cc1F. The molecule has 1 aromatic heterocycles. The molecule has 1 N–H and O–H groups in total. The Balaban J connectivity index is 1.49. The average Bonchev–Trinajstić information content (AvgIpc) is 2.66. The smallest absolute Gasteiger partial charge is 0.307 e. The van der Waals surface area contributed by atoms with Crippen molar-refractivity contribution in [1.29, 1.82) is 0 Å². The van der Waals surface area contributed by atoms with E-state index in [1.165, 1.54) is 0 Å². The number of hydrogen-bond acceptors (Lipinski definition) is 5. The fraction of sp³-hybridized carbons (Fsp3) is 0.200. The number of esters is 1. The minimum Gasteiger partial charge on any atom is -0.459 e. The second kappa shape index (κ2) is 8.51. The molecule has 0 spiro atoms. The van der Waals surface area contributed by atoms with Gasteiger partial charge in [-0.25, -0.2) is 18.7 Å². The molecule has 0 saturated heterocycles. The number of nitrogens with zero attached hydrogens (tertiary/aromatic N) is 2. The summed E-state index contributed by atoms with van der Waals surface area (Å²) in [5.74, 6) is -3.02. The average molecular weight is 385 g/mol. The Morgan fingerprint density at radius 2 is 1.79 bits per heavy atom. The summed E-state index contributed by atoms with van der Waals surface area (Å²) >= 11 is 0. The Kier molecular flexibility index (Phi) is 5.88. The summed E-state index contributed by atoms with van der Waals surface area (Å²) in [4.78, 5) is 32.6. The summed E-state index contributed by atoms with van der Waals surface area (Å²) in [6.07, 6.45) is -0.103. The highest BCUT2D eigenvalue weighted by Gasteiger charge is 2.13. The molecule has 0 bridgehead atoms. The van der Waals surface area contributed by atoms with Crippen LogP contribution < -0.4 is 5.32 Å². The molecule has 28 heavy (non-hydrogen) atoms. The number of fused-ring (bicyclic) bond motifs is 1. The third-order valence-corrected chi connectivity index (χ3v) is 4.00. The van der Waals surface area contributed by atoms with Crippen LogP contribution in [0, 0.1) is 18.6 Å². The molecule has 8 heteroatoms. The van der Waals surface area contributed by atoms with Crippen LogP contribution in [0.4, 0.5) is 8.78 Å². The maximum Gasteiger partial charge on any atom is 0.307 e. The molecular weight excluding hydrogens is 368 g/mol. The van der Waals surface area contributed by atoms with Gasteiger partial charge in [0, 0.05) is 12.6 Å². The Morgan fingerprint density at radius 1 is 1.07 bits per heavy atom. The van der Waals surface area contributed by atoms with Crippen LogP contribution in [-0.4, -0.2) is 28.4 Å². The topological polar surface area (TPSA) is 81.2 Å². The molecule has 144 valence electrons. The van der Waals surface area contributed by atoms with Crippen LogP contribution in [0.5, 0.6) is 0 Å². The number of aryl methyl sites for hydroxylation is 1. The van der Waals surface area contributed by atoms with E-state index in [9.17, 15) is 18.4 Å². The number of benzene rings is 2. The molecule has 1 amide bonds. The zero-order chi connectivity index (χ0) is 20.1. The molecule has 0 saturated carbocycles. The van der Waals surface area contributed by atoms with Crippen LogP contribution in [0.1, 0.15) is 28.2 Å². The van der Waals surface area contributed by atoms with Gasteiger partial charge in [-0.05, 0) is 31.2 Å². The van der Waals surface area contributed by atoms with Crippen molar-refractivity contribution in [3.63, 3.8) is 0 Å². The molecule has 0 aliphatic carbocycles. The van der Waals surface area contributed by atoms with Crippen molar-refractivity contribution in [2.75, 3.05) is 6.54 Å². The monoisotopic (exact) mass is 385 g/mol. The van der Waals surface area contributed by atoms with Gasteiger partial charge in [-0.15, -0.1) is 0 Å². The Labute approximate surface area is 159 Å². The van der Waals surface area contributed by atoms with E-state index in [-0.39, 0.29) is 25.1 Å². The molecule has 3 rings (SSSR count). The van der Waals surface area contributed by atoms with Crippen LogP contribution in [0.3, 0.4) is 0 Å². The van der Waals surface area contributed by atoms with Crippen LogP contribution in [0.2, 0.25) is 0 Å². The van der Waals surface area contributed by atoms with E-state index in [4.69, 9.17) is 4.74 Å². The fourth-order valence-corrected chi connectivity index (χ4v) is 2.53. The first-order chi connectivity index (χ1) is 13.4. The van der Waals surface area contributed by atoms with E-state index >= 15 is 0 Å². The van der Waals surface area contributed by atoms with E-state index in [1.54, 1.807) is 6.92 Å². The van der Waals surface area contributed by atoms with Gasteiger partial charge in [0.25, 0.3) is 5.91 Å². The molecule has 2 aromatic carbocycles. The van der Waals surface area contributed by atoms with E-state index in [1.807, 2.05) is 24.3 Å². The molecule has 0 radical (unpaired) electrons. The summed E-state index contributed by atoms with van der Waals surface area (Å²) in [5.41, 5.74) is 2.37. The van der Waals surface area contributed by atoms with E-state index in [0.29, 0.717) is 23.0 Å². The number of amides is 1. The lowest BCUT2D eigenvalue weighted by molar-refractivity contribution is -0.144. The first-order valence-corrected chi connectivity index (χ1v) is 8.55. The first-order valence-electron chi connectivity index (χ1n) is 8.55. The Hall–Kier alpha value is -3.42. The van der Waals surface area contributed by atoms with Crippen molar-refractivity contribution < 1.29 is 23.1 Å². The van der Waals surface area contributed by atoms with Crippen molar-refractivity contribution in [1.82, 2.24) is 15.3 Å². The molecule has 0 fully saturated rings. The fourth-order valence-electron chi connectivity index (χ4n) is 2.53. The van der Waals surface area contributed by atoms with Crippen LogP contribution in [0.25, 0.3) is 11.0 Å². The normalized spacial score (nSPS) is 10.7. The largest absolute Gasteiger partial charge is 0.459 e. The molecule has 0 aliphatic rings. The lowest BCUT2D eigenvalue weighted by Gasteiger charge is -2.09. The van der Waals surface area contributed by atoms with Crippen LogP contribution in [-0.2, 0) is 16.1 Å². The molecular formula is C20H17F2N3O3. The number of ether oxygens (including phenoxy) is 1. The second-order valence-electron chi connectivity index (χ2n) is 6.04. The van der Waals surface area contributed by atoms with Gasteiger partial charge in [0.2, 0.25) is 0 Å². The third kappa shape index (κ3) is 4.64. The number of halogens is 2. The number of nitrogens with one attached hydrogen (secondary N) is 1. The number of para-hydroxylation sites is 2. The van der Waals surface area contributed by atoms with Crippen molar-refractivity contribution in [2.45, 2.75) is 20.0 Å². The quantitative estimate of drug-likeness (QED) is 0.660. The van der Waals surface area contributed by atoms with Gasteiger partial charge in [-0.2, -0.15) is 0 Å². The lowest BCUT2D eigenvalue weighted by Crippen LogP contribution is -2.27. The summed E-state index contributed by atoms with van der Waals surface area (Å²) in [7, 11) is 0. The maximum absolute atomic E-state index is 13.5. The minimum atomic E-state index is -0.967. The van der Waals surface area contributed by atoms with Crippen molar-refractivity contribution in [2.24, 2.45) is 0 Å². The number of carbonyl (C=O) groups is 2. The highest BCUT2D eigenvalue weighted by atomic mass is 19.1. The number of rotatable bonds is 6. The predicted octanol–water partition coefficient (Wildman–Crippen LogP) is 3.08. The second-order valence-corrected chi connectivity index (χ2v) is 6.04. The van der Waals surface area contributed by atoms with Gasteiger partial charge in [0.05, 0.1) is 34.4 Å². The third-order valence-electron chi connectivity index (χ3n) is 4.00. The van der Waals surface area contributed by atoms with Gasteiger partial charge in [0.1, 0.15) is 18.2 Å². The molecule has 0 aliphatic heterocycles. The molecule has 0 atom stereocenters. The summed E-state index contributed by atoms with van der Waals surface area (Å²) in [5, 5.41) is 2.39. The zero-order valence-corrected chi connectivity index (χ0v) is 15.0. The van der Waals surface area contributed by atoms with Crippen LogP contribution in [0.15, 0.2) is 42.5 Å². The Bertz CT molecular complexity index is 1040. The van der Waals surface area contributed by atoms with E-state index in [2.05, 4.69) is 15.3 Å². The van der Waals surface area contributed by atoms with Crippen molar-refractivity contribution in [3.8, 4) is 0 Å². The highest BCUT2D eigenvalue weighted by molar-refractivity contribution is 5.94.